The highest BCUT2D eigenvalue weighted by molar-refractivity contribution is 5.73. The summed E-state index contributed by atoms with van der Waals surface area (Å²) in [4.78, 5) is 9.21. The van der Waals surface area contributed by atoms with Crippen molar-refractivity contribution in [2.75, 3.05) is 7.11 Å². The first-order chi connectivity index (χ1) is 13.3. The van der Waals surface area contributed by atoms with E-state index < -0.39 is 0 Å². The normalized spacial score (nSPS) is 10.7. The molecule has 0 bridgehead atoms. The minimum Gasteiger partial charge on any atom is -0.496 e. The number of aryl methyl sites for hydroxylation is 1. The summed E-state index contributed by atoms with van der Waals surface area (Å²) in [6.45, 7) is 2.24. The predicted octanol–water partition coefficient (Wildman–Crippen LogP) is 6.33. The maximum absolute atomic E-state index is 5.46. The van der Waals surface area contributed by atoms with E-state index in [9.17, 15) is 0 Å². The van der Waals surface area contributed by atoms with Crippen molar-refractivity contribution in [2.24, 2.45) is 0 Å². The molecule has 2 aromatic carbocycles. The van der Waals surface area contributed by atoms with E-state index in [0.717, 1.165) is 40.2 Å². The Morgan fingerprint density at radius 2 is 1.52 bits per heavy atom. The van der Waals surface area contributed by atoms with Crippen LogP contribution in [0.1, 0.15) is 44.7 Å². The third-order valence-corrected chi connectivity index (χ3v) is 4.84. The van der Waals surface area contributed by atoms with Gasteiger partial charge in [-0.2, -0.15) is 0 Å². The van der Waals surface area contributed by atoms with E-state index in [-0.39, 0.29) is 0 Å². The second-order valence-electron chi connectivity index (χ2n) is 6.83. The largest absolute Gasteiger partial charge is 0.496 e. The molecule has 3 aromatic rings. The van der Waals surface area contributed by atoms with Gasteiger partial charge in [-0.15, -0.1) is 0 Å². The lowest BCUT2D eigenvalue weighted by Crippen LogP contribution is -1.94. The van der Waals surface area contributed by atoms with Gasteiger partial charge in [-0.05, 0) is 24.5 Å². The van der Waals surface area contributed by atoms with Crippen LogP contribution in [-0.4, -0.2) is 17.1 Å². The molecule has 0 spiro atoms. The average molecular weight is 361 g/mol. The topological polar surface area (TPSA) is 35.0 Å². The first-order valence-electron chi connectivity index (χ1n) is 9.86. The van der Waals surface area contributed by atoms with E-state index in [0.29, 0.717) is 0 Å². The van der Waals surface area contributed by atoms with Crippen molar-refractivity contribution in [1.82, 2.24) is 9.97 Å². The zero-order chi connectivity index (χ0) is 18.9. The van der Waals surface area contributed by atoms with Crippen LogP contribution in [-0.2, 0) is 6.42 Å². The Bertz CT molecular complexity index is 826. The number of ether oxygens (including phenoxy) is 1. The van der Waals surface area contributed by atoms with Gasteiger partial charge >= 0.3 is 0 Å². The number of rotatable bonds is 9. The fraction of sp³-hybridized carbons (Fsp3) is 0.333. The number of hydrogen-bond donors (Lipinski definition) is 0. The Balaban J connectivity index is 1.65. The summed E-state index contributed by atoms with van der Waals surface area (Å²) in [6.07, 6.45) is 11.2. The van der Waals surface area contributed by atoms with Crippen LogP contribution in [0.3, 0.4) is 0 Å². The molecule has 27 heavy (non-hydrogen) atoms. The van der Waals surface area contributed by atoms with Crippen LogP contribution in [0.2, 0.25) is 0 Å². The molecule has 0 atom stereocenters. The lowest BCUT2D eigenvalue weighted by atomic mass is 10.0. The standard InChI is InChI=1S/C24H28N2O/c1-3-4-5-6-7-10-21-17-26-23(18-25-21)20-15-13-19(14-16-20)22-11-8-9-12-24(22)27-2/h8-9,11-18H,3-7,10H2,1-2H3. The summed E-state index contributed by atoms with van der Waals surface area (Å²) in [7, 11) is 1.70. The van der Waals surface area contributed by atoms with E-state index >= 15 is 0 Å². The Kier molecular flexibility index (Phi) is 6.97. The summed E-state index contributed by atoms with van der Waals surface area (Å²) in [5, 5.41) is 0. The van der Waals surface area contributed by atoms with Crippen LogP contribution >= 0.6 is 0 Å². The molecule has 0 fully saturated rings. The van der Waals surface area contributed by atoms with E-state index in [1.807, 2.05) is 30.6 Å². The molecule has 0 N–H and O–H groups in total. The van der Waals surface area contributed by atoms with Crippen molar-refractivity contribution in [1.29, 1.82) is 0 Å². The van der Waals surface area contributed by atoms with Crippen molar-refractivity contribution in [2.45, 2.75) is 45.4 Å². The third kappa shape index (κ3) is 5.16. The summed E-state index contributed by atoms with van der Waals surface area (Å²) in [6, 6.07) is 16.5. The molecule has 0 saturated heterocycles. The Hall–Kier alpha value is -2.68. The lowest BCUT2D eigenvalue weighted by molar-refractivity contribution is 0.416. The van der Waals surface area contributed by atoms with Gasteiger partial charge < -0.3 is 4.74 Å². The van der Waals surface area contributed by atoms with E-state index in [1.54, 1.807) is 7.11 Å². The highest BCUT2D eigenvalue weighted by atomic mass is 16.5. The van der Waals surface area contributed by atoms with Crippen molar-refractivity contribution < 1.29 is 4.74 Å². The summed E-state index contributed by atoms with van der Waals surface area (Å²) < 4.78 is 5.46. The highest BCUT2D eigenvalue weighted by Crippen LogP contribution is 2.30. The van der Waals surface area contributed by atoms with Crippen molar-refractivity contribution in [3.8, 4) is 28.1 Å². The zero-order valence-corrected chi connectivity index (χ0v) is 16.3. The number of para-hydroxylation sites is 1. The molecule has 0 aliphatic rings. The number of unbranched alkanes of at least 4 members (excludes halogenated alkanes) is 4. The van der Waals surface area contributed by atoms with E-state index in [4.69, 9.17) is 4.74 Å². The molecule has 0 unspecified atom stereocenters. The van der Waals surface area contributed by atoms with Crippen LogP contribution in [0.15, 0.2) is 60.9 Å². The van der Waals surface area contributed by atoms with E-state index in [1.165, 1.54) is 32.1 Å². The molecule has 140 valence electrons. The number of nitrogens with zero attached hydrogens (tertiary/aromatic N) is 2. The molecule has 0 saturated carbocycles. The zero-order valence-electron chi connectivity index (χ0n) is 16.3. The number of benzene rings is 2. The van der Waals surface area contributed by atoms with Crippen molar-refractivity contribution in [3.63, 3.8) is 0 Å². The third-order valence-electron chi connectivity index (χ3n) is 4.84. The van der Waals surface area contributed by atoms with Gasteiger partial charge in [0.15, 0.2) is 0 Å². The van der Waals surface area contributed by atoms with Crippen LogP contribution in [0.25, 0.3) is 22.4 Å². The second-order valence-corrected chi connectivity index (χ2v) is 6.83. The molecular formula is C24H28N2O. The molecule has 0 amide bonds. The van der Waals surface area contributed by atoms with Gasteiger partial charge in [0.1, 0.15) is 5.75 Å². The number of aromatic nitrogens is 2. The predicted molar refractivity (Wildman–Crippen MR) is 112 cm³/mol. The summed E-state index contributed by atoms with van der Waals surface area (Å²) in [5.41, 5.74) is 5.30. The van der Waals surface area contributed by atoms with Crippen molar-refractivity contribution >= 4 is 0 Å². The maximum Gasteiger partial charge on any atom is 0.126 e. The molecule has 3 heteroatoms. The Labute approximate surface area is 162 Å². The van der Waals surface area contributed by atoms with Crippen LogP contribution in [0.4, 0.5) is 0 Å². The molecule has 0 aliphatic heterocycles. The smallest absolute Gasteiger partial charge is 0.126 e. The van der Waals surface area contributed by atoms with Gasteiger partial charge in [0, 0.05) is 17.3 Å². The summed E-state index contributed by atoms with van der Waals surface area (Å²) >= 11 is 0. The molecule has 3 rings (SSSR count). The van der Waals surface area contributed by atoms with Crippen molar-refractivity contribution in [3.05, 3.63) is 66.6 Å². The summed E-state index contributed by atoms with van der Waals surface area (Å²) in [5.74, 6) is 0.883. The maximum atomic E-state index is 5.46. The van der Waals surface area contributed by atoms with E-state index in [2.05, 4.69) is 47.2 Å². The van der Waals surface area contributed by atoms with Crippen LogP contribution < -0.4 is 4.74 Å². The molecule has 1 aromatic heterocycles. The average Bonchev–Trinajstić information content (AvgIpc) is 2.74. The highest BCUT2D eigenvalue weighted by Gasteiger charge is 2.06. The van der Waals surface area contributed by atoms with Gasteiger partial charge in [0.2, 0.25) is 0 Å². The number of hydrogen-bond acceptors (Lipinski definition) is 3. The first kappa shape index (κ1) is 19.1. The van der Waals surface area contributed by atoms with Gasteiger partial charge in [-0.3, -0.25) is 9.97 Å². The SMILES string of the molecule is CCCCCCCc1cnc(-c2ccc(-c3ccccc3OC)cc2)cn1. The van der Waals surface area contributed by atoms with Crippen LogP contribution in [0, 0.1) is 0 Å². The number of methoxy groups -OCH3 is 1. The molecule has 3 nitrogen and oxygen atoms in total. The molecule has 1 heterocycles. The molecule has 0 radical (unpaired) electrons. The van der Waals surface area contributed by atoms with Crippen LogP contribution in [0.5, 0.6) is 5.75 Å². The lowest BCUT2D eigenvalue weighted by Gasteiger charge is -2.09. The first-order valence-corrected chi connectivity index (χ1v) is 9.86. The Morgan fingerprint density at radius 1 is 0.778 bits per heavy atom. The minimum atomic E-state index is 0.883. The Morgan fingerprint density at radius 3 is 2.22 bits per heavy atom. The molecule has 0 aliphatic carbocycles. The quantitative estimate of drug-likeness (QED) is 0.418. The fourth-order valence-corrected chi connectivity index (χ4v) is 3.25. The van der Waals surface area contributed by atoms with Gasteiger partial charge in [0.25, 0.3) is 0 Å². The van der Waals surface area contributed by atoms with Gasteiger partial charge in [-0.1, -0.05) is 75.1 Å². The molecular weight excluding hydrogens is 332 g/mol. The monoisotopic (exact) mass is 360 g/mol. The van der Waals surface area contributed by atoms with Gasteiger partial charge in [0.05, 0.1) is 24.7 Å². The second kappa shape index (κ2) is 9.86. The fourth-order valence-electron chi connectivity index (χ4n) is 3.25. The van der Waals surface area contributed by atoms with Gasteiger partial charge in [-0.25, -0.2) is 0 Å². The minimum absolute atomic E-state index is 0.883.